The van der Waals surface area contributed by atoms with Crippen LogP contribution in [-0.4, -0.2) is 50.3 Å². The van der Waals surface area contributed by atoms with Crippen molar-refractivity contribution in [2.45, 2.75) is 12.6 Å². The van der Waals surface area contributed by atoms with Crippen LogP contribution < -0.4 is 15.4 Å². The minimum Gasteiger partial charge on any atom is -0.497 e. The Morgan fingerprint density at radius 3 is 2.89 bits per heavy atom. The lowest BCUT2D eigenvalue weighted by molar-refractivity contribution is 0.269. The van der Waals surface area contributed by atoms with Crippen LogP contribution in [0.4, 0.5) is 17.5 Å². The molecule has 3 rings (SSSR count). The molecule has 0 saturated heterocycles. The summed E-state index contributed by atoms with van der Waals surface area (Å²) in [7, 11) is 1.59. The van der Waals surface area contributed by atoms with Gasteiger partial charge in [0.05, 0.1) is 51.0 Å². The van der Waals surface area contributed by atoms with E-state index in [4.69, 9.17) is 21.4 Å². The van der Waals surface area contributed by atoms with Gasteiger partial charge in [0.25, 0.3) is 0 Å². The largest absolute Gasteiger partial charge is 0.497 e. The Kier molecular flexibility index (Phi) is 6.64. The smallest absolute Gasteiger partial charge is 0.229 e. The van der Waals surface area contributed by atoms with E-state index in [0.29, 0.717) is 34.8 Å². The van der Waals surface area contributed by atoms with Gasteiger partial charge in [0.2, 0.25) is 5.95 Å². The predicted octanol–water partition coefficient (Wildman–Crippen LogP) is 2.22. The molecule has 0 bridgehead atoms. The molecule has 10 heteroatoms. The number of hydrogen-bond donors (Lipinski definition) is 4. The number of aromatic nitrogens is 4. The fraction of sp³-hybridized carbons (Fsp3) is 0.278. The highest BCUT2D eigenvalue weighted by Gasteiger charge is 2.15. The van der Waals surface area contributed by atoms with Crippen LogP contribution in [0.25, 0.3) is 0 Å². The molecule has 0 aliphatic rings. The van der Waals surface area contributed by atoms with E-state index in [1.165, 1.54) is 6.20 Å². The van der Waals surface area contributed by atoms with E-state index < -0.39 is 6.04 Å². The summed E-state index contributed by atoms with van der Waals surface area (Å²) in [5.74, 6) is 1.38. The van der Waals surface area contributed by atoms with E-state index >= 15 is 0 Å². The van der Waals surface area contributed by atoms with Crippen LogP contribution >= 0.6 is 11.6 Å². The number of aliphatic hydroxyl groups excluding tert-OH is 2. The van der Waals surface area contributed by atoms with Gasteiger partial charge in [0.15, 0.2) is 5.82 Å². The summed E-state index contributed by atoms with van der Waals surface area (Å²) in [6.45, 7) is 0.234. The molecule has 2 heterocycles. The van der Waals surface area contributed by atoms with Gasteiger partial charge in [-0.05, 0) is 17.7 Å². The Morgan fingerprint density at radius 1 is 1.29 bits per heavy atom. The summed E-state index contributed by atoms with van der Waals surface area (Å²) in [6.07, 6.45) is 4.80. The Labute approximate surface area is 167 Å². The molecule has 9 nitrogen and oxygen atoms in total. The normalized spacial score (nSPS) is 11.9. The second-order valence-corrected chi connectivity index (χ2v) is 6.29. The lowest BCUT2D eigenvalue weighted by Gasteiger charge is -2.19. The van der Waals surface area contributed by atoms with Crippen LogP contribution in [0, 0.1) is 0 Å². The number of benzene rings is 1. The fourth-order valence-electron chi connectivity index (χ4n) is 2.57. The van der Waals surface area contributed by atoms with E-state index in [2.05, 4.69) is 25.7 Å². The average Bonchev–Trinajstić information content (AvgIpc) is 3.15. The summed E-state index contributed by atoms with van der Waals surface area (Å²) in [5.41, 5.74) is 1.50. The van der Waals surface area contributed by atoms with Gasteiger partial charge in [-0.3, -0.25) is 4.68 Å². The van der Waals surface area contributed by atoms with Gasteiger partial charge in [-0.15, -0.1) is 0 Å². The highest BCUT2D eigenvalue weighted by molar-refractivity contribution is 6.32. The number of rotatable bonds is 9. The van der Waals surface area contributed by atoms with Gasteiger partial charge in [-0.2, -0.15) is 10.1 Å². The maximum atomic E-state index is 9.82. The molecule has 28 heavy (non-hydrogen) atoms. The zero-order valence-corrected chi connectivity index (χ0v) is 16.0. The van der Waals surface area contributed by atoms with Crippen molar-refractivity contribution in [2.75, 3.05) is 31.0 Å². The summed E-state index contributed by atoms with van der Waals surface area (Å²) in [4.78, 5) is 8.54. The molecule has 0 aliphatic heterocycles. The molecule has 0 aliphatic carbocycles. The molecule has 4 N–H and O–H groups in total. The van der Waals surface area contributed by atoms with Crippen molar-refractivity contribution in [2.24, 2.45) is 0 Å². The minimum absolute atomic E-state index is 0.000543. The summed E-state index contributed by atoms with van der Waals surface area (Å²) in [5, 5.41) is 29.4. The zero-order chi connectivity index (χ0) is 19.9. The summed E-state index contributed by atoms with van der Waals surface area (Å²) < 4.78 is 6.83. The van der Waals surface area contributed by atoms with Crippen molar-refractivity contribution in [3.63, 3.8) is 0 Å². The van der Waals surface area contributed by atoms with Crippen LogP contribution in [-0.2, 0) is 6.54 Å². The number of methoxy groups -OCH3 is 1. The third kappa shape index (κ3) is 4.89. The lowest BCUT2D eigenvalue weighted by atomic mass is 10.1. The topological polar surface area (TPSA) is 117 Å². The maximum Gasteiger partial charge on any atom is 0.229 e. The molecule has 148 valence electrons. The van der Waals surface area contributed by atoms with Crippen LogP contribution in [0.3, 0.4) is 0 Å². The average molecular weight is 405 g/mol. The highest BCUT2D eigenvalue weighted by Crippen LogP contribution is 2.27. The predicted molar refractivity (Wildman–Crippen MR) is 106 cm³/mol. The van der Waals surface area contributed by atoms with E-state index in [9.17, 15) is 5.11 Å². The van der Waals surface area contributed by atoms with Gasteiger partial charge in [0, 0.05) is 6.20 Å². The molecular formula is C18H21ClN6O3. The van der Waals surface area contributed by atoms with Crippen molar-refractivity contribution in [3.8, 4) is 5.75 Å². The SMILES string of the molecule is COc1cccc([C@@H](CO)Nc2nc(Nc3cnn(CCO)c3)ncc2Cl)c1. The van der Waals surface area contributed by atoms with Crippen LogP contribution in [0.1, 0.15) is 11.6 Å². The summed E-state index contributed by atoms with van der Waals surface area (Å²) >= 11 is 6.23. The Morgan fingerprint density at radius 2 is 2.14 bits per heavy atom. The molecule has 0 spiro atoms. The Hall–Kier alpha value is -2.88. The first-order valence-electron chi connectivity index (χ1n) is 8.57. The van der Waals surface area contributed by atoms with Crippen molar-refractivity contribution in [1.82, 2.24) is 19.7 Å². The molecule has 0 saturated carbocycles. The first-order valence-corrected chi connectivity index (χ1v) is 8.95. The molecule has 3 aromatic rings. The van der Waals surface area contributed by atoms with Crippen molar-refractivity contribution >= 4 is 29.1 Å². The molecule has 0 amide bonds. The maximum absolute atomic E-state index is 9.82. The molecule has 1 aromatic carbocycles. The quantitative estimate of drug-likeness (QED) is 0.429. The van der Waals surface area contributed by atoms with Gasteiger partial charge >= 0.3 is 0 Å². The number of hydrogen-bond acceptors (Lipinski definition) is 8. The van der Waals surface area contributed by atoms with Gasteiger partial charge in [0.1, 0.15) is 10.8 Å². The molecular weight excluding hydrogens is 384 g/mol. The second kappa shape index (κ2) is 9.36. The van der Waals surface area contributed by atoms with Crippen LogP contribution in [0.5, 0.6) is 5.75 Å². The van der Waals surface area contributed by atoms with E-state index in [0.717, 1.165) is 5.56 Å². The van der Waals surface area contributed by atoms with Crippen molar-refractivity contribution in [1.29, 1.82) is 0 Å². The van der Waals surface area contributed by atoms with E-state index in [1.54, 1.807) is 24.2 Å². The number of anilines is 3. The standard InChI is InChI=1S/C18H21ClN6O3/c1-28-14-4-2-3-12(7-14)16(11-27)23-17-15(19)9-20-18(24-17)22-13-8-21-25(10-13)5-6-26/h2-4,7-10,16,26-27H,5-6,11H2,1H3,(H2,20,22,23,24)/t16-/m1/s1. The Balaban J connectivity index is 1.77. The van der Waals surface area contributed by atoms with Gasteiger partial charge in [-0.25, -0.2) is 4.98 Å². The molecule has 1 atom stereocenters. The number of ether oxygens (including phenoxy) is 1. The number of nitrogens with zero attached hydrogens (tertiary/aromatic N) is 4. The second-order valence-electron chi connectivity index (χ2n) is 5.89. The third-order valence-corrected chi connectivity index (χ3v) is 4.23. The van der Waals surface area contributed by atoms with Crippen molar-refractivity contribution < 1.29 is 14.9 Å². The molecule has 0 fully saturated rings. The molecule has 2 aromatic heterocycles. The molecule has 0 unspecified atom stereocenters. The highest BCUT2D eigenvalue weighted by atomic mass is 35.5. The third-order valence-electron chi connectivity index (χ3n) is 3.95. The monoisotopic (exact) mass is 404 g/mol. The number of halogens is 1. The van der Waals surface area contributed by atoms with Gasteiger partial charge in [-0.1, -0.05) is 23.7 Å². The molecule has 0 radical (unpaired) electrons. The fourth-order valence-corrected chi connectivity index (χ4v) is 2.71. The van der Waals surface area contributed by atoms with E-state index in [-0.39, 0.29) is 13.2 Å². The minimum atomic E-state index is -0.428. The van der Waals surface area contributed by atoms with Crippen LogP contribution in [0.15, 0.2) is 42.9 Å². The number of nitrogens with one attached hydrogen (secondary N) is 2. The van der Waals surface area contributed by atoms with Crippen molar-refractivity contribution in [3.05, 3.63) is 53.4 Å². The van der Waals surface area contributed by atoms with Crippen LogP contribution in [0.2, 0.25) is 5.02 Å². The first-order chi connectivity index (χ1) is 13.6. The first kappa shape index (κ1) is 19.9. The Bertz CT molecular complexity index is 920. The van der Waals surface area contributed by atoms with Gasteiger partial charge < -0.3 is 25.6 Å². The zero-order valence-electron chi connectivity index (χ0n) is 15.2. The number of aliphatic hydroxyl groups is 2. The van der Waals surface area contributed by atoms with E-state index in [1.807, 2.05) is 24.3 Å². The lowest BCUT2D eigenvalue weighted by Crippen LogP contribution is -2.16. The summed E-state index contributed by atoms with van der Waals surface area (Å²) in [6, 6.07) is 6.95.